The van der Waals surface area contributed by atoms with E-state index in [9.17, 15) is 9.59 Å². The van der Waals surface area contributed by atoms with Crippen LogP contribution in [-0.4, -0.2) is 31.1 Å². The zero-order valence-corrected chi connectivity index (χ0v) is 13.8. The first-order chi connectivity index (χ1) is 10.4. The molecule has 1 N–H and O–H groups in total. The van der Waals surface area contributed by atoms with Gasteiger partial charge in [0.15, 0.2) is 0 Å². The number of carbonyl (C=O) groups excluding carboxylic acids is 2. The van der Waals surface area contributed by atoms with Gasteiger partial charge in [-0.25, -0.2) is 0 Å². The van der Waals surface area contributed by atoms with Crippen LogP contribution in [0.3, 0.4) is 0 Å². The molecule has 22 heavy (non-hydrogen) atoms. The maximum Gasteiger partial charge on any atom is 0.307 e. The van der Waals surface area contributed by atoms with Crippen LogP contribution in [0, 0.1) is 13.8 Å². The van der Waals surface area contributed by atoms with Crippen LogP contribution in [0.2, 0.25) is 0 Å². The molecule has 1 rings (SSSR count). The first-order valence-corrected chi connectivity index (χ1v) is 7.54. The summed E-state index contributed by atoms with van der Waals surface area (Å²) in [5, 5.41) is 2.68. The molecular formula is C17H25NO4. The lowest BCUT2D eigenvalue weighted by atomic mass is 10.1. The second-order valence-corrected chi connectivity index (χ2v) is 5.51. The van der Waals surface area contributed by atoms with E-state index in [1.54, 1.807) is 13.8 Å². The van der Waals surface area contributed by atoms with Crippen molar-refractivity contribution in [1.29, 1.82) is 0 Å². The van der Waals surface area contributed by atoms with Crippen LogP contribution in [0.5, 0.6) is 5.75 Å². The molecule has 0 aromatic heterocycles. The third kappa shape index (κ3) is 7.11. The summed E-state index contributed by atoms with van der Waals surface area (Å²) in [6, 6.07) is 5.92. The molecule has 0 spiro atoms. The van der Waals surface area contributed by atoms with Crippen molar-refractivity contribution in [1.82, 2.24) is 5.32 Å². The third-order valence-corrected chi connectivity index (χ3v) is 2.94. The van der Waals surface area contributed by atoms with Crippen LogP contribution in [0.1, 0.15) is 37.8 Å². The minimum Gasteiger partial charge on any atom is -0.493 e. The van der Waals surface area contributed by atoms with E-state index in [2.05, 4.69) is 5.32 Å². The molecule has 5 nitrogen and oxygen atoms in total. The van der Waals surface area contributed by atoms with Crippen LogP contribution < -0.4 is 10.1 Å². The lowest BCUT2D eigenvalue weighted by molar-refractivity contribution is -0.147. The quantitative estimate of drug-likeness (QED) is 0.750. The van der Waals surface area contributed by atoms with Gasteiger partial charge in [-0.3, -0.25) is 9.59 Å². The Hall–Kier alpha value is -2.04. The number of ether oxygens (including phenoxy) is 2. The molecule has 1 amide bonds. The van der Waals surface area contributed by atoms with E-state index in [0.717, 1.165) is 11.3 Å². The van der Waals surface area contributed by atoms with E-state index in [4.69, 9.17) is 9.47 Å². The lowest BCUT2D eigenvalue weighted by Gasteiger charge is -2.10. The Bertz CT molecular complexity index is 511. The first-order valence-electron chi connectivity index (χ1n) is 7.54. The molecule has 0 aliphatic heterocycles. The topological polar surface area (TPSA) is 64.6 Å². The molecule has 0 aliphatic rings. The summed E-state index contributed by atoms with van der Waals surface area (Å²) in [7, 11) is 0. The zero-order valence-electron chi connectivity index (χ0n) is 13.8. The second-order valence-electron chi connectivity index (χ2n) is 5.51. The summed E-state index contributed by atoms with van der Waals surface area (Å²) in [5.41, 5.74) is 2.23. The summed E-state index contributed by atoms with van der Waals surface area (Å²) in [4.78, 5) is 22.9. The average Bonchev–Trinajstić information content (AvgIpc) is 2.40. The monoisotopic (exact) mass is 307 g/mol. The van der Waals surface area contributed by atoms with Gasteiger partial charge >= 0.3 is 5.97 Å². The number of hydrogen-bond acceptors (Lipinski definition) is 4. The van der Waals surface area contributed by atoms with Gasteiger partial charge < -0.3 is 14.8 Å². The Morgan fingerprint density at radius 2 is 1.91 bits per heavy atom. The number of hydrogen-bond donors (Lipinski definition) is 1. The molecule has 0 atom stereocenters. The molecule has 1 aromatic rings. The molecule has 0 saturated carbocycles. The van der Waals surface area contributed by atoms with Crippen molar-refractivity contribution in [3.8, 4) is 5.75 Å². The Morgan fingerprint density at radius 3 is 2.55 bits per heavy atom. The molecule has 0 aliphatic carbocycles. The van der Waals surface area contributed by atoms with Crippen molar-refractivity contribution >= 4 is 11.9 Å². The van der Waals surface area contributed by atoms with Crippen LogP contribution in [0.25, 0.3) is 0 Å². The highest BCUT2D eigenvalue weighted by atomic mass is 16.5. The largest absolute Gasteiger partial charge is 0.493 e. The molecule has 5 heteroatoms. The predicted molar refractivity (Wildman–Crippen MR) is 84.9 cm³/mol. The van der Waals surface area contributed by atoms with E-state index < -0.39 is 0 Å². The molecular weight excluding hydrogens is 282 g/mol. The van der Waals surface area contributed by atoms with E-state index in [1.807, 2.05) is 32.0 Å². The van der Waals surface area contributed by atoms with Gasteiger partial charge in [0.2, 0.25) is 5.91 Å². The fourth-order valence-electron chi connectivity index (χ4n) is 1.93. The van der Waals surface area contributed by atoms with Crippen molar-refractivity contribution in [2.24, 2.45) is 0 Å². The fourth-order valence-corrected chi connectivity index (χ4v) is 1.93. The molecule has 0 saturated heterocycles. The van der Waals surface area contributed by atoms with Crippen LogP contribution in [0.15, 0.2) is 18.2 Å². The van der Waals surface area contributed by atoms with Crippen molar-refractivity contribution in [3.05, 3.63) is 29.3 Å². The number of amides is 1. The van der Waals surface area contributed by atoms with Gasteiger partial charge in [0, 0.05) is 6.54 Å². The lowest BCUT2D eigenvalue weighted by Crippen LogP contribution is -2.28. The van der Waals surface area contributed by atoms with Crippen molar-refractivity contribution < 1.29 is 19.1 Å². The number of aryl methyl sites for hydroxylation is 2. The summed E-state index contributed by atoms with van der Waals surface area (Å²) >= 11 is 0. The van der Waals surface area contributed by atoms with Gasteiger partial charge in [-0.15, -0.1) is 0 Å². The molecule has 0 fully saturated rings. The van der Waals surface area contributed by atoms with E-state index in [1.165, 1.54) is 5.56 Å². The smallest absolute Gasteiger partial charge is 0.307 e. The van der Waals surface area contributed by atoms with Crippen LogP contribution in [-0.2, 0) is 14.3 Å². The summed E-state index contributed by atoms with van der Waals surface area (Å²) in [5.74, 6) is 0.350. The molecule has 122 valence electrons. The highest BCUT2D eigenvalue weighted by Gasteiger charge is 2.07. The van der Waals surface area contributed by atoms with Crippen molar-refractivity contribution in [3.63, 3.8) is 0 Å². The van der Waals surface area contributed by atoms with Gasteiger partial charge in [-0.05, 0) is 39.3 Å². The zero-order chi connectivity index (χ0) is 16.5. The van der Waals surface area contributed by atoms with Crippen LogP contribution in [0.4, 0.5) is 0 Å². The highest BCUT2D eigenvalue weighted by Crippen LogP contribution is 2.18. The van der Waals surface area contributed by atoms with Gasteiger partial charge in [-0.1, -0.05) is 17.7 Å². The normalized spacial score (nSPS) is 10.4. The summed E-state index contributed by atoms with van der Waals surface area (Å²) in [6.07, 6.45) is 0.309. The van der Waals surface area contributed by atoms with E-state index in [-0.39, 0.29) is 37.4 Å². The van der Waals surface area contributed by atoms with Gasteiger partial charge in [0.1, 0.15) is 5.75 Å². The predicted octanol–water partition coefficient (Wildman–Crippen LogP) is 2.53. The average molecular weight is 307 g/mol. The third-order valence-electron chi connectivity index (χ3n) is 2.94. The maximum absolute atomic E-state index is 11.6. The molecule has 0 bridgehead atoms. The molecule has 0 heterocycles. The van der Waals surface area contributed by atoms with Crippen molar-refractivity contribution in [2.75, 3.05) is 13.2 Å². The fraction of sp³-hybridized carbons (Fsp3) is 0.529. The SMILES string of the molecule is Cc1ccc(OCCC(=O)NCCC(=O)OC(C)C)c(C)c1. The van der Waals surface area contributed by atoms with Crippen molar-refractivity contribution in [2.45, 2.75) is 46.6 Å². The Morgan fingerprint density at radius 1 is 1.18 bits per heavy atom. The molecule has 0 unspecified atom stereocenters. The number of nitrogens with one attached hydrogen (secondary N) is 1. The maximum atomic E-state index is 11.6. The molecule has 0 radical (unpaired) electrons. The van der Waals surface area contributed by atoms with Gasteiger partial charge in [0.25, 0.3) is 0 Å². The van der Waals surface area contributed by atoms with Gasteiger partial charge in [0.05, 0.1) is 25.6 Å². The van der Waals surface area contributed by atoms with Gasteiger partial charge in [-0.2, -0.15) is 0 Å². The summed E-state index contributed by atoms with van der Waals surface area (Å²) < 4.78 is 10.6. The number of esters is 1. The number of carbonyl (C=O) groups is 2. The Labute approximate surface area is 132 Å². The first kappa shape index (κ1) is 18.0. The minimum absolute atomic E-state index is 0.130. The number of rotatable bonds is 8. The molecule has 1 aromatic carbocycles. The number of benzene rings is 1. The Balaban J connectivity index is 2.19. The van der Waals surface area contributed by atoms with E-state index in [0.29, 0.717) is 6.61 Å². The standard InChI is InChI=1S/C17H25NO4/c1-12(2)22-17(20)7-9-18-16(19)8-10-21-15-6-5-13(3)11-14(15)4/h5-6,11-12H,7-10H2,1-4H3,(H,18,19). The van der Waals surface area contributed by atoms with E-state index >= 15 is 0 Å². The second kappa shape index (κ2) is 9.07. The Kier molecular flexibility index (Phi) is 7.43. The summed E-state index contributed by atoms with van der Waals surface area (Å²) in [6.45, 7) is 8.18. The minimum atomic E-state index is -0.304. The van der Waals surface area contributed by atoms with Crippen LogP contribution >= 0.6 is 0 Å². The highest BCUT2D eigenvalue weighted by molar-refractivity contribution is 5.77.